The molecule has 0 atom stereocenters. The van der Waals surface area contributed by atoms with E-state index in [0.717, 1.165) is 16.8 Å². The number of amides is 1. The zero-order chi connectivity index (χ0) is 12.4. The van der Waals surface area contributed by atoms with Crippen LogP contribution in [0, 0.1) is 13.8 Å². The Hall–Kier alpha value is -1.81. The van der Waals surface area contributed by atoms with Crippen molar-refractivity contribution in [3.8, 4) is 0 Å². The maximum absolute atomic E-state index is 12.0. The number of thiophene rings is 1. The van der Waals surface area contributed by atoms with Crippen molar-refractivity contribution in [2.45, 2.75) is 13.8 Å². The number of carbonyl (C=O) groups excluding carboxylic acids is 1. The van der Waals surface area contributed by atoms with Crippen LogP contribution in [0.3, 0.4) is 0 Å². The average molecular weight is 246 g/mol. The van der Waals surface area contributed by atoms with E-state index in [1.807, 2.05) is 37.4 Å². The molecule has 1 heterocycles. The third-order valence-corrected chi connectivity index (χ3v) is 3.68. The Balaban J connectivity index is 2.25. The Morgan fingerprint density at radius 3 is 2.71 bits per heavy atom. The zero-order valence-electron chi connectivity index (χ0n) is 9.78. The summed E-state index contributed by atoms with van der Waals surface area (Å²) in [6, 6.07) is 7.58. The second kappa shape index (κ2) is 4.59. The Bertz CT molecular complexity index is 560. The van der Waals surface area contributed by atoms with Gasteiger partial charge in [0.15, 0.2) is 0 Å². The van der Waals surface area contributed by atoms with Crippen LogP contribution >= 0.6 is 11.3 Å². The van der Waals surface area contributed by atoms with Crippen molar-refractivity contribution in [3.05, 3.63) is 45.6 Å². The third-order valence-electron chi connectivity index (χ3n) is 2.75. The molecule has 1 amide bonds. The van der Waals surface area contributed by atoms with Gasteiger partial charge in [-0.2, -0.15) is 0 Å². The molecule has 0 unspecified atom stereocenters. The third kappa shape index (κ3) is 2.31. The minimum atomic E-state index is -0.147. The number of hydrogen-bond donors (Lipinski definition) is 2. The van der Waals surface area contributed by atoms with Gasteiger partial charge in [-0.15, -0.1) is 11.3 Å². The smallest absolute Gasteiger partial charge is 0.267 e. The lowest BCUT2D eigenvalue weighted by atomic mass is 10.1. The van der Waals surface area contributed by atoms with E-state index in [1.165, 1.54) is 11.3 Å². The molecule has 0 aliphatic heterocycles. The number of hydrogen-bond acceptors (Lipinski definition) is 3. The lowest BCUT2D eigenvalue weighted by Crippen LogP contribution is -2.13. The van der Waals surface area contributed by atoms with Gasteiger partial charge in [-0.05, 0) is 42.5 Å². The van der Waals surface area contributed by atoms with Crippen molar-refractivity contribution in [2.24, 2.45) is 0 Å². The van der Waals surface area contributed by atoms with Crippen LogP contribution in [0.4, 0.5) is 11.4 Å². The van der Waals surface area contributed by atoms with Crippen LogP contribution in [-0.4, -0.2) is 5.91 Å². The van der Waals surface area contributed by atoms with Crippen LogP contribution in [0.5, 0.6) is 0 Å². The predicted octanol–water partition coefficient (Wildman–Crippen LogP) is 3.20. The van der Waals surface area contributed by atoms with Crippen LogP contribution in [0.2, 0.25) is 0 Å². The number of anilines is 2. The van der Waals surface area contributed by atoms with E-state index < -0.39 is 0 Å². The summed E-state index contributed by atoms with van der Waals surface area (Å²) in [4.78, 5) is 12.5. The predicted molar refractivity (Wildman–Crippen MR) is 72.6 cm³/mol. The zero-order valence-corrected chi connectivity index (χ0v) is 10.6. The van der Waals surface area contributed by atoms with Crippen molar-refractivity contribution in [2.75, 3.05) is 11.1 Å². The highest BCUT2D eigenvalue weighted by atomic mass is 32.1. The maximum Gasteiger partial charge on any atom is 0.267 e. The lowest BCUT2D eigenvalue weighted by molar-refractivity contribution is 0.103. The monoisotopic (exact) mass is 246 g/mol. The maximum atomic E-state index is 12.0. The molecule has 0 bridgehead atoms. The van der Waals surface area contributed by atoms with Crippen LogP contribution in [0.1, 0.15) is 20.8 Å². The summed E-state index contributed by atoms with van der Waals surface area (Å²) in [6.45, 7) is 4.01. The van der Waals surface area contributed by atoms with E-state index in [9.17, 15) is 4.79 Å². The quantitative estimate of drug-likeness (QED) is 0.855. The first-order chi connectivity index (χ1) is 8.09. The molecule has 0 radical (unpaired) electrons. The largest absolute Gasteiger partial charge is 0.397 e. The van der Waals surface area contributed by atoms with Gasteiger partial charge in [-0.1, -0.05) is 12.1 Å². The number of nitrogens with two attached hydrogens (primary N) is 1. The average Bonchev–Trinajstić information content (AvgIpc) is 2.71. The van der Waals surface area contributed by atoms with Gasteiger partial charge in [0.1, 0.15) is 4.88 Å². The first-order valence-electron chi connectivity index (χ1n) is 5.30. The van der Waals surface area contributed by atoms with Gasteiger partial charge >= 0.3 is 0 Å². The summed E-state index contributed by atoms with van der Waals surface area (Å²) in [5.74, 6) is -0.147. The molecule has 2 rings (SSSR count). The summed E-state index contributed by atoms with van der Waals surface area (Å²) in [5.41, 5.74) is 9.31. The van der Waals surface area contributed by atoms with Crippen LogP contribution < -0.4 is 11.1 Å². The molecule has 2 aromatic rings. The Morgan fingerprint density at radius 1 is 1.29 bits per heavy atom. The minimum absolute atomic E-state index is 0.147. The number of aryl methyl sites for hydroxylation is 1. The Labute approximate surface area is 104 Å². The van der Waals surface area contributed by atoms with Crippen molar-refractivity contribution in [1.29, 1.82) is 0 Å². The highest BCUT2D eigenvalue weighted by Crippen LogP contribution is 2.23. The van der Waals surface area contributed by atoms with Gasteiger partial charge in [0.2, 0.25) is 0 Å². The summed E-state index contributed by atoms with van der Waals surface area (Å²) >= 11 is 1.35. The molecule has 0 fully saturated rings. The SMILES string of the molecule is Cc1cccc(NC(=O)c2sccc2N)c1C. The number of nitrogen functional groups attached to an aromatic ring is 1. The van der Waals surface area contributed by atoms with Crippen LogP contribution in [0.15, 0.2) is 29.6 Å². The molecule has 3 nitrogen and oxygen atoms in total. The molecule has 4 heteroatoms. The molecule has 17 heavy (non-hydrogen) atoms. The van der Waals surface area contributed by atoms with E-state index >= 15 is 0 Å². The number of nitrogens with one attached hydrogen (secondary N) is 1. The van der Waals surface area contributed by atoms with Gasteiger partial charge in [-0.25, -0.2) is 0 Å². The topological polar surface area (TPSA) is 55.1 Å². The highest BCUT2D eigenvalue weighted by molar-refractivity contribution is 7.12. The fourth-order valence-electron chi connectivity index (χ4n) is 1.57. The summed E-state index contributed by atoms with van der Waals surface area (Å²) in [5, 5.41) is 4.70. The van der Waals surface area contributed by atoms with Crippen LogP contribution in [-0.2, 0) is 0 Å². The molecule has 0 saturated carbocycles. The second-order valence-electron chi connectivity index (χ2n) is 3.91. The molecule has 0 aliphatic rings. The number of carbonyl (C=O) groups is 1. The lowest BCUT2D eigenvalue weighted by Gasteiger charge is -2.09. The van der Waals surface area contributed by atoms with Crippen molar-refractivity contribution in [3.63, 3.8) is 0 Å². The highest BCUT2D eigenvalue weighted by Gasteiger charge is 2.12. The fraction of sp³-hybridized carbons (Fsp3) is 0.154. The molecule has 1 aromatic heterocycles. The van der Waals surface area contributed by atoms with E-state index in [1.54, 1.807) is 6.07 Å². The van der Waals surface area contributed by atoms with Crippen molar-refractivity contribution >= 4 is 28.6 Å². The Kier molecular flexibility index (Phi) is 3.15. The van der Waals surface area contributed by atoms with Gasteiger partial charge < -0.3 is 11.1 Å². The van der Waals surface area contributed by atoms with Crippen molar-refractivity contribution in [1.82, 2.24) is 0 Å². The summed E-state index contributed by atoms with van der Waals surface area (Å²) in [6.07, 6.45) is 0. The summed E-state index contributed by atoms with van der Waals surface area (Å²) < 4.78 is 0. The fourth-order valence-corrected chi connectivity index (χ4v) is 2.28. The van der Waals surface area contributed by atoms with E-state index in [0.29, 0.717) is 10.6 Å². The molecule has 3 N–H and O–H groups in total. The molecule has 0 aliphatic carbocycles. The number of benzene rings is 1. The number of rotatable bonds is 2. The minimum Gasteiger partial charge on any atom is -0.397 e. The normalized spacial score (nSPS) is 10.2. The van der Waals surface area contributed by atoms with Gasteiger partial charge in [0.25, 0.3) is 5.91 Å². The molecule has 0 saturated heterocycles. The van der Waals surface area contributed by atoms with Gasteiger partial charge in [0.05, 0.1) is 5.69 Å². The first-order valence-corrected chi connectivity index (χ1v) is 6.18. The summed E-state index contributed by atoms with van der Waals surface area (Å²) in [7, 11) is 0. The molecular formula is C13H14N2OS. The Morgan fingerprint density at radius 2 is 2.06 bits per heavy atom. The van der Waals surface area contributed by atoms with Gasteiger partial charge in [-0.3, -0.25) is 4.79 Å². The standard InChI is InChI=1S/C13H14N2OS/c1-8-4-3-5-11(9(8)2)15-13(16)12-10(14)6-7-17-12/h3-7H,14H2,1-2H3,(H,15,16). The van der Waals surface area contributed by atoms with Gasteiger partial charge in [0, 0.05) is 5.69 Å². The van der Waals surface area contributed by atoms with E-state index in [-0.39, 0.29) is 5.91 Å². The van der Waals surface area contributed by atoms with Crippen molar-refractivity contribution < 1.29 is 4.79 Å². The second-order valence-corrected chi connectivity index (χ2v) is 4.82. The van der Waals surface area contributed by atoms with E-state index in [2.05, 4.69) is 5.32 Å². The first kappa shape index (κ1) is 11.7. The molecule has 88 valence electrons. The molecule has 0 spiro atoms. The molecular weight excluding hydrogens is 232 g/mol. The molecule has 1 aromatic carbocycles. The van der Waals surface area contributed by atoms with Crippen LogP contribution in [0.25, 0.3) is 0 Å². The van der Waals surface area contributed by atoms with E-state index in [4.69, 9.17) is 5.73 Å².